The Morgan fingerprint density at radius 1 is 0.870 bits per heavy atom. The molecule has 3 aromatic rings. The van der Waals surface area contributed by atoms with E-state index in [-0.39, 0.29) is 11.9 Å². The number of carbonyl (C=O) groups is 1. The Balaban J connectivity index is 2.11. The van der Waals surface area contributed by atoms with Gasteiger partial charge in [-0.15, -0.1) is 10.2 Å². The molecule has 5 heteroatoms. The van der Waals surface area contributed by atoms with Gasteiger partial charge >= 0.3 is 0 Å². The number of amides is 1. The first kappa shape index (κ1) is 14.8. The lowest BCUT2D eigenvalue weighted by Gasteiger charge is -2.09. The molecule has 0 bridgehead atoms. The molecule has 5 nitrogen and oxygen atoms in total. The number of hydrogen-bond donors (Lipinski definition) is 1. The molecule has 2 aromatic carbocycles. The number of hydrogen-bond acceptors (Lipinski definition) is 4. The summed E-state index contributed by atoms with van der Waals surface area (Å²) in [4.78, 5) is 16.1. The van der Waals surface area contributed by atoms with E-state index in [4.69, 9.17) is 0 Å². The van der Waals surface area contributed by atoms with Crippen molar-refractivity contribution >= 4 is 11.9 Å². The Bertz CT molecular complexity index is 804. The highest BCUT2D eigenvalue weighted by atomic mass is 16.1. The predicted octanol–water partition coefficient (Wildman–Crippen LogP) is 3.55. The lowest BCUT2D eigenvalue weighted by atomic mass is 10.0. The molecular formula is C18H16N4O. The van der Waals surface area contributed by atoms with Gasteiger partial charge in [-0.2, -0.15) is 0 Å². The summed E-state index contributed by atoms with van der Waals surface area (Å²) >= 11 is 0. The molecule has 114 valence electrons. The second-order valence-corrected chi connectivity index (χ2v) is 4.97. The van der Waals surface area contributed by atoms with Crippen LogP contribution in [0.2, 0.25) is 0 Å². The van der Waals surface area contributed by atoms with Gasteiger partial charge in [-0.25, -0.2) is 4.98 Å². The molecule has 1 aromatic heterocycles. The smallest absolute Gasteiger partial charge is 0.249 e. The van der Waals surface area contributed by atoms with Crippen molar-refractivity contribution in [1.82, 2.24) is 15.2 Å². The number of rotatable bonds is 4. The molecular weight excluding hydrogens is 288 g/mol. The van der Waals surface area contributed by atoms with Crippen LogP contribution in [0.1, 0.15) is 13.3 Å². The van der Waals surface area contributed by atoms with Crippen molar-refractivity contribution in [3.8, 4) is 22.5 Å². The van der Waals surface area contributed by atoms with Crippen LogP contribution in [0.15, 0.2) is 60.7 Å². The summed E-state index contributed by atoms with van der Waals surface area (Å²) in [6, 6.07) is 19.5. The van der Waals surface area contributed by atoms with E-state index in [2.05, 4.69) is 20.5 Å². The van der Waals surface area contributed by atoms with E-state index < -0.39 is 0 Å². The van der Waals surface area contributed by atoms with Crippen LogP contribution in [0.5, 0.6) is 0 Å². The summed E-state index contributed by atoms with van der Waals surface area (Å²) in [7, 11) is 0. The van der Waals surface area contributed by atoms with Crippen molar-refractivity contribution in [2.24, 2.45) is 0 Å². The highest BCUT2D eigenvalue weighted by Crippen LogP contribution is 2.28. The van der Waals surface area contributed by atoms with Gasteiger partial charge in [0.1, 0.15) is 11.4 Å². The molecule has 0 radical (unpaired) electrons. The zero-order chi connectivity index (χ0) is 16.1. The van der Waals surface area contributed by atoms with Crippen molar-refractivity contribution < 1.29 is 4.79 Å². The van der Waals surface area contributed by atoms with Crippen molar-refractivity contribution in [2.45, 2.75) is 13.3 Å². The van der Waals surface area contributed by atoms with E-state index in [0.717, 1.165) is 11.1 Å². The summed E-state index contributed by atoms with van der Waals surface area (Å²) < 4.78 is 0. The fourth-order valence-electron chi connectivity index (χ4n) is 2.18. The maximum atomic E-state index is 11.6. The van der Waals surface area contributed by atoms with E-state index >= 15 is 0 Å². The van der Waals surface area contributed by atoms with Gasteiger partial charge in [-0.05, 0) is 0 Å². The van der Waals surface area contributed by atoms with Crippen LogP contribution in [0.4, 0.5) is 5.95 Å². The topological polar surface area (TPSA) is 67.8 Å². The van der Waals surface area contributed by atoms with Gasteiger partial charge in [-0.3, -0.25) is 10.1 Å². The molecule has 0 aliphatic heterocycles. The number of nitrogens with zero attached hydrogens (tertiary/aromatic N) is 3. The Hall–Kier alpha value is -3.08. The molecule has 0 unspecified atom stereocenters. The van der Waals surface area contributed by atoms with Gasteiger partial charge in [0.2, 0.25) is 11.9 Å². The number of carbonyl (C=O) groups excluding carboxylic acids is 1. The SMILES string of the molecule is CCC(=O)Nc1nnc(-c2ccccc2)c(-c2ccccc2)n1. The minimum atomic E-state index is -0.140. The molecule has 23 heavy (non-hydrogen) atoms. The van der Waals surface area contributed by atoms with Crippen LogP contribution in [-0.2, 0) is 4.79 Å². The molecule has 0 atom stereocenters. The minimum absolute atomic E-state index is 0.140. The summed E-state index contributed by atoms with van der Waals surface area (Å²) in [5.41, 5.74) is 3.23. The van der Waals surface area contributed by atoms with Gasteiger partial charge in [0.05, 0.1) is 0 Å². The highest BCUT2D eigenvalue weighted by Gasteiger charge is 2.14. The summed E-state index contributed by atoms with van der Waals surface area (Å²) in [6.45, 7) is 1.78. The molecule has 1 heterocycles. The molecule has 0 saturated heterocycles. The van der Waals surface area contributed by atoms with Crippen LogP contribution in [0.3, 0.4) is 0 Å². The van der Waals surface area contributed by atoms with E-state index in [0.29, 0.717) is 17.8 Å². The summed E-state index contributed by atoms with van der Waals surface area (Å²) in [6.07, 6.45) is 0.366. The van der Waals surface area contributed by atoms with Crippen LogP contribution in [0.25, 0.3) is 22.5 Å². The fourth-order valence-corrected chi connectivity index (χ4v) is 2.18. The first-order chi connectivity index (χ1) is 11.3. The first-order valence-corrected chi connectivity index (χ1v) is 7.43. The molecule has 0 aliphatic rings. The van der Waals surface area contributed by atoms with Crippen LogP contribution in [-0.4, -0.2) is 21.1 Å². The van der Waals surface area contributed by atoms with E-state index in [1.54, 1.807) is 6.92 Å². The fraction of sp³-hybridized carbons (Fsp3) is 0.111. The molecule has 0 saturated carbocycles. The molecule has 1 N–H and O–H groups in total. The zero-order valence-corrected chi connectivity index (χ0v) is 12.7. The van der Waals surface area contributed by atoms with Crippen molar-refractivity contribution in [2.75, 3.05) is 5.32 Å². The van der Waals surface area contributed by atoms with Crippen LogP contribution in [0, 0.1) is 0 Å². The maximum absolute atomic E-state index is 11.6. The minimum Gasteiger partial charge on any atom is -0.293 e. The Morgan fingerprint density at radius 3 is 2.00 bits per heavy atom. The number of benzene rings is 2. The molecule has 0 aliphatic carbocycles. The molecule has 3 rings (SSSR count). The van der Waals surface area contributed by atoms with Gasteiger partial charge in [0, 0.05) is 17.5 Å². The number of nitrogens with one attached hydrogen (secondary N) is 1. The average Bonchev–Trinajstić information content (AvgIpc) is 2.63. The van der Waals surface area contributed by atoms with Gasteiger partial charge < -0.3 is 0 Å². The summed E-state index contributed by atoms with van der Waals surface area (Å²) in [5.74, 6) is 0.0775. The Morgan fingerprint density at radius 2 is 1.43 bits per heavy atom. The Kier molecular flexibility index (Phi) is 4.38. The number of anilines is 1. The largest absolute Gasteiger partial charge is 0.293 e. The third-order valence-electron chi connectivity index (χ3n) is 3.35. The van der Waals surface area contributed by atoms with E-state index in [1.807, 2.05) is 60.7 Å². The van der Waals surface area contributed by atoms with Crippen molar-refractivity contribution in [3.63, 3.8) is 0 Å². The van der Waals surface area contributed by atoms with Crippen molar-refractivity contribution in [1.29, 1.82) is 0 Å². The van der Waals surface area contributed by atoms with E-state index in [1.165, 1.54) is 0 Å². The quantitative estimate of drug-likeness (QED) is 0.800. The molecule has 0 spiro atoms. The molecule has 1 amide bonds. The Labute approximate surface area is 134 Å². The normalized spacial score (nSPS) is 10.3. The number of aromatic nitrogens is 3. The average molecular weight is 304 g/mol. The lowest BCUT2D eigenvalue weighted by molar-refractivity contribution is -0.115. The van der Waals surface area contributed by atoms with Crippen LogP contribution < -0.4 is 5.32 Å². The maximum Gasteiger partial charge on any atom is 0.249 e. The van der Waals surface area contributed by atoms with Crippen LogP contribution >= 0.6 is 0 Å². The summed E-state index contributed by atoms with van der Waals surface area (Å²) in [5, 5.41) is 11.0. The van der Waals surface area contributed by atoms with Gasteiger partial charge in [0.25, 0.3) is 0 Å². The second kappa shape index (κ2) is 6.79. The van der Waals surface area contributed by atoms with Gasteiger partial charge in [-0.1, -0.05) is 67.6 Å². The molecule has 0 fully saturated rings. The first-order valence-electron chi connectivity index (χ1n) is 7.43. The van der Waals surface area contributed by atoms with Crippen molar-refractivity contribution in [3.05, 3.63) is 60.7 Å². The highest BCUT2D eigenvalue weighted by molar-refractivity contribution is 5.89. The second-order valence-electron chi connectivity index (χ2n) is 4.97. The third-order valence-corrected chi connectivity index (χ3v) is 3.35. The van der Waals surface area contributed by atoms with Gasteiger partial charge in [0.15, 0.2) is 0 Å². The predicted molar refractivity (Wildman–Crippen MR) is 89.6 cm³/mol. The zero-order valence-electron chi connectivity index (χ0n) is 12.7. The standard InChI is InChI=1S/C18H16N4O/c1-2-15(23)19-18-20-16(13-9-5-3-6-10-13)17(21-22-18)14-11-7-4-8-12-14/h3-12H,2H2,1H3,(H,19,20,22,23). The van der Waals surface area contributed by atoms with E-state index in [9.17, 15) is 4.79 Å². The third kappa shape index (κ3) is 3.40. The lowest BCUT2D eigenvalue weighted by Crippen LogP contribution is -2.13. The monoisotopic (exact) mass is 304 g/mol.